The van der Waals surface area contributed by atoms with Crippen LogP contribution in [-0.2, 0) is 12.8 Å². The van der Waals surface area contributed by atoms with E-state index in [2.05, 4.69) is 34.4 Å². The summed E-state index contributed by atoms with van der Waals surface area (Å²) < 4.78 is 5.51. The van der Waals surface area contributed by atoms with E-state index in [1.54, 1.807) is 0 Å². The molecule has 0 amide bonds. The van der Waals surface area contributed by atoms with Crippen molar-refractivity contribution in [2.45, 2.75) is 44.4 Å². The highest BCUT2D eigenvalue weighted by Gasteiger charge is 2.29. The summed E-state index contributed by atoms with van der Waals surface area (Å²) in [6.45, 7) is 0.715. The minimum atomic E-state index is 0.363. The summed E-state index contributed by atoms with van der Waals surface area (Å²) in [6.07, 6.45) is 6.60. The molecule has 4 heteroatoms. The van der Waals surface area contributed by atoms with Gasteiger partial charge in [-0.05, 0) is 37.3 Å². The fraction of sp³-hybridized carbons (Fsp3) is 0.529. The van der Waals surface area contributed by atoms with E-state index in [4.69, 9.17) is 10.3 Å². The third-order valence-corrected chi connectivity index (χ3v) is 4.49. The van der Waals surface area contributed by atoms with Crippen LogP contribution in [0, 0.1) is 5.92 Å². The highest BCUT2D eigenvalue weighted by atomic mass is 16.5. The molecule has 1 aliphatic rings. The molecule has 3 rings (SSSR count). The van der Waals surface area contributed by atoms with Gasteiger partial charge in [-0.3, -0.25) is 0 Å². The van der Waals surface area contributed by atoms with Gasteiger partial charge in [0.1, 0.15) is 0 Å². The first kappa shape index (κ1) is 14.3. The van der Waals surface area contributed by atoms with Crippen LogP contribution in [0.3, 0.4) is 0 Å². The SMILES string of the molecule is NCC1CCCCC1c1nc(CCc2ccccc2)no1. The summed E-state index contributed by atoms with van der Waals surface area (Å²) in [5.41, 5.74) is 7.19. The quantitative estimate of drug-likeness (QED) is 0.916. The van der Waals surface area contributed by atoms with Gasteiger partial charge in [-0.15, -0.1) is 0 Å². The van der Waals surface area contributed by atoms with Gasteiger partial charge < -0.3 is 10.3 Å². The Morgan fingerprint density at radius 1 is 1.10 bits per heavy atom. The van der Waals surface area contributed by atoms with Gasteiger partial charge >= 0.3 is 0 Å². The molecular formula is C17H23N3O. The van der Waals surface area contributed by atoms with Crippen LogP contribution in [0.15, 0.2) is 34.9 Å². The number of aromatic nitrogens is 2. The maximum Gasteiger partial charge on any atom is 0.230 e. The lowest BCUT2D eigenvalue weighted by molar-refractivity contribution is 0.249. The van der Waals surface area contributed by atoms with E-state index in [0.717, 1.165) is 31.0 Å². The predicted molar refractivity (Wildman–Crippen MR) is 81.9 cm³/mol. The van der Waals surface area contributed by atoms with E-state index >= 15 is 0 Å². The minimum absolute atomic E-state index is 0.363. The molecule has 1 fully saturated rings. The van der Waals surface area contributed by atoms with Crippen LogP contribution in [0.25, 0.3) is 0 Å². The molecule has 1 aromatic heterocycles. The summed E-state index contributed by atoms with van der Waals surface area (Å²) in [6, 6.07) is 10.4. The topological polar surface area (TPSA) is 64.9 Å². The van der Waals surface area contributed by atoms with Crippen molar-refractivity contribution in [3.8, 4) is 0 Å². The first-order valence-electron chi connectivity index (χ1n) is 7.93. The first-order chi connectivity index (χ1) is 10.4. The summed E-state index contributed by atoms with van der Waals surface area (Å²) in [5, 5.41) is 4.15. The molecule has 2 aromatic rings. The fourth-order valence-corrected chi connectivity index (χ4v) is 3.24. The Labute approximate surface area is 125 Å². The van der Waals surface area contributed by atoms with Gasteiger partial charge in [-0.2, -0.15) is 4.98 Å². The molecule has 0 saturated heterocycles. The number of aryl methyl sites for hydroxylation is 2. The maximum atomic E-state index is 5.88. The largest absolute Gasteiger partial charge is 0.339 e. The number of hydrogen-bond acceptors (Lipinski definition) is 4. The molecule has 0 spiro atoms. The highest BCUT2D eigenvalue weighted by molar-refractivity contribution is 5.15. The molecule has 0 radical (unpaired) electrons. The molecule has 0 bridgehead atoms. The van der Waals surface area contributed by atoms with Gasteiger partial charge in [0.2, 0.25) is 5.89 Å². The molecule has 2 N–H and O–H groups in total. The Kier molecular flexibility index (Phi) is 4.65. The number of benzene rings is 1. The number of nitrogens with zero attached hydrogens (tertiary/aromatic N) is 2. The second-order valence-corrected chi connectivity index (χ2v) is 5.92. The Bertz CT molecular complexity index is 552. The normalized spacial score (nSPS) is 22.3. The van der Waals surface area contributed by atoms with E-state index in [9.17, 15) is 0 Å². The summed E-state index contributed by atoms with van der Waals surface area (Å²) >= 11 is 0. The van der Waals surface area contributed by atoms with E-state index < -0.39 is 0 Å². The van der Waals surface area contributed by atoms with Crippen LogP contribution in [0.4, 0.5) is 0 Å². The second kappa shape index (κ2) is 6.85. The molecule has 0 aliphatic heterocycles. The summed E-state index contributed by atoms with van der Waals surface area (Å²) in [5.74, 6) is 2.48. The van der Waals surface area contributed by atoms with Gasteiger partial charge in [0.25, 0.3) is 0 Å². The average Bonchev–Trinajstić information content (AvgIpc) is 3.02. The maximum absolute atomic E-state index is 5.88. The summed E-state index contributed by atoms with van der Waals surface area (Å²) in [4.78, 5) is 4.61. The second-order valence-electron chi connectivity index (χ2n) is 5.92. The molecule has 2 unspecified atom stereocenters. The Morgan fingerprint density at radius 2 is 1.90 bits per heavy atom. The van der Waals surface area contributed by atoms with Gasteiger partial charge in [0, 0.05) is 12.3 Å². The molecule has 4 nitrogen and oxygen atoms in total. The highest BCUT2D eigenvalue weighted by Crippen LogP contribution is 2.36. The molecule has 1 aromatic carbocycles. The molecule has 1 aliphatic carbocycles. The van der Waals surface area contributed by atoms with Crippen LogP contribution < -0.4 is 5.73 Å². The lowest BCUT2D eigenvalue weighted by Crippen LogP contribution is -2.25. The van der Waals surface area contributed by atoms with Crippen molar-refractivity contribution in [3.05, 3.63) is 47.6 Å². The van der Waals surface area contributed by atoms with Crippen LogP contribution >= 0.6 is 0 Å². The van der Waals surface area contributed by atoms with Crippen molar-refractivity contribution in [2.75, 3.05) is 6.54 Å². The third-order valence-electron chi connectivity index (χ3n) is 4.49. The van der Waals surface area contributed by atoms with Crippen molar-refractivity contribution in [1.82, 2.24) is 10.1 Å². The zero-order chi connectivity index (χ0) is 14.5. The van der Waals surface area contributed by atoms with Crippen molar-refractivity contribution in [2.24, 2.45) is 11.7 Å². The van der Waals surface area contributed by atoms with Crippen molar-refractivity contribution >= 4 is 0 Å². The van der Waals surface area contributed by atoms with Crippen molar-refractivity contribution < 1.29 is 4.52 Å². The monoisotopic (exact) mass is 285 g/mol. The molecule has 1 heterocycles. The van der Waals surface area contributed by atoms with E-state index in [-0.39, 0.29) is 0 Å². The van der Waals surface area contributed by atoms with E-state index in [1.807, 2.05) is 6.07 Å². The van der Waals surface area contributed by atoms with Gasteiger partial charge in [-0.25, -0.2) is 0 Å². The molecular weight excluding hydrogens is 262 g/mol. The van der Waals surface area contributed by atoms with E-state index in [1.165, 1.54) is 24.8 Å². The average molecular weight is 285 g/mol. The van der Waals surface area contributed by atoms with Crippen LogP contribution in [0.5, 0.6) is 0 Å². The van der Waals surface area contributed by atoms with E-state index in [0.29, 0.717) is 18.4 Å². The minimum Gasteiger partial charge on any atom is -0.339 e. The van der Waals surface area contributed by atoms with Crippen molar-refractivity contribution in [3.63, 3.8) is 0 Å². The van der Waals surface area contributed by atoms with Crippen LogP contribution in [-0.4, -0.2) is 16.7 Å². The Hall–Kier alpha value is -1.68. The zero-order valence-electron chi connectivity index (χ0n) is 12.4. The zero-order valence-corrected chi connectivity index (χ0v) is 12.4. The molecule has 21 heavy (non-hydrogen) atoms. The third kappa shape index (κ3) is 3.50. The number of nitrogens with two attached hydrogens (primary N) is 1. The number of hydrogen-bond donors (Lipinski definition) is 1. The van der Waals surface area contributed by atoms with Gasteiger partial charge in [-0.1, -0.05) is 48.3 Å². The predicted octanol–water partition coefficient (Wildman–Crippen LogP) is 3.09. The molecule has 1 saturated carbocycles. The van der Waals surface area contributed by atoms with Gasteiger partial charge in [0.15, 0.2) is 5.82 Å². The smallest absolute Gasteiger partial charge is 0.230 e. The van der Waals surface area contributed by atoms with Gasteiger partial charge in [0.05, 0.1) is 0 Å². The van der Waals surface area contributed by atoms with Crippen LogP contribution in [0.2, 0.25) is 0 Å². The Balaban J connectivity index is 1.63. The lowest BCUT2D eigenvalue weighted by atomic mass is 9.79. The fourth-order valence-electron chi connectivity index (χ4n) is 3.24. The number of rotatable bonds is 5. The van der Waals surface area contributed by atoms with Crippen LogP contribution in [0.1, 0.15) is 48.9 Å². The molecule has 2 atom stereocenters. The standard InChI is InChI=1S/C17H23N3O/c18-12-14-8-4-5-9-15(14)17-19-16(20-21-17)11-10-13-6-2-1-3-7-13/h1-3,6-7,14-15H,4-5,8-12,18H2. The summed E-state index contributed by atoms with van der Waals surface area (Å²) in [7, 11) is 0. The molecule has 112 valence electrons. The Morgan fingerprint density at radius 3 is 2.71 bits per heavy atom. The lowest BCUT2D eigenvalue weighted by Gasteiger charge is -2.27. The first-order valence-corrected chi connectivity index (χ1v) is 7.93. The van der Waals surface area contributed by atoms with Crippen molar-refractivity contribution in [1.29, 1.82) is 0 Å².